The van der Waals surface area contributed by atoms with Crippen LogP contribution in [0.1, 0.15) is 33.6 Å². The highest BCUT2D eigenvalue weighted by molar-refractivity contribution is 6.22. The van der Waals surface area contributed by atoms with Crippen LogP contribution >= 0.6 is 0 Å². The number of carbonyl (C=O) groups excluding carboxylic acids is 2. The highest BCUT2D eigenvalue weighted by atomic mass is 16.5. The van der Waals surface area contributed by atoms with Gasteiger partial charge in [-0.05, 0) is 43.2 Å². The van der Waals surface area contributed by atoms with Gasteiger partial charge in [0.1, 0.15) is 24.7 Å². The maximum absolute atomic E-state index is 13.1. The van der Waals surface area contributed by atoms with Crippen molar-refractivity contribution in [1.82, 2.24) is 15.5 Å². The summed E-state index contributed by atoms with van der Waals surface area (Å²) in [5, 5.41) is 17.1. The second kappa shape index (κ2) is 10.9. The quantitative estimate of drug-likeness (QED) is 0.294. The smallest absolute Gasteiger partial charge is 0.404 e. The van der Waals surface area contributed by atoms with E-state index in [4.69, 9.17) is 14.6 Å². The number of fused-ring (bicyclic) bond motifs is 1. The Balaban J connectivity index is 1.29. The lowest BCUT2D eigenvalue weighted by atomic mass is 10.0. The van der Waals surface area contributed by atoms with Crippen molar-refractivity contribution in [1.29, 1.82) is 0 Å². The Kier molecular flexibility index (Phi) is 7.43. The Morgan fingerprint density at radius 3 is 2.42 bits per heavy atom. The molecular formula is C26H28N4O6. The number of amides is 3. The second-order valence-corrected chi connectivity index (χ2v) is 8.38. The molecule has 1 fully saturated rings. The van der Waals surface area contributed by atoms with Crippen LogP contribution in [-0.4, -0.2) is 60.3 Å². The third-order valence-electron chi connectivity index (χ3n) is 5.84. The lowest BCUT2D eigenvalue weighted by Gasteiger charge is -2.33. The van der Waals surface area contributed by atoms with Gasteiger partial charge < -0.3 is 30.5 Å². The number of imide groups is 1. The van der Waals surface area contributed by atoms with E-state index in [1.807, 2.05) is 0 Å². The van der Waals surface area contributed by atoms with E-state index in [-0.39, 0.29) is 25.0 Å². The minimum atomic E-state index is -1.10. The molecule has 2 heterocycles. The van der Waals surface area contributed by atoms with Gasteiger partial charge in [0.25, 0.3) is 11.8 Å². The fraction of sp³-hybridized carbons (Fsp3) is 0.269. The van der Waals surface area contributed by atoms with E-state index in [2.05, 4.69) is 29.1 Å². The van der Waals surface area contributed by atoms with Gasteiger partial charge in [-0.2, -0.15) is 0 Å². The van der Waals surface area contributed by atoms with Gasteiger partial charge in [0.15, 0.2) is 0 Å². The summed E-state index contributed by atoms with van der Waals surface area (Å²) in [5.41, 5.74) is 2.88. The number of carboxylic acid groups (broad SMARTS) is 1. The SMILES string of the molecule is C=C1CCC(N2C(=O)c3ccc(NCCOc4cccc(OCCNC(=O)O)c4)cc3C2=O)C(=C)N1. The molecular weight excluding hydrogens is 464 g/mol. The number of piperidine rings is 1. The number of nitrogens with one attached hydrogen (secondary N) is 3. The zero-order valence-electron chi connectivity index (χ0n) is 19.7. The summed E-state index contributed by atoms with van der Waals surface area (Å²) < 4.78 is 11.3. The Hall–Kier alpha value is -4.47. The third-order valence-corrected chi connectivity index (χ3v) is 5.84. The number of carbonyl (C=O) groups is 3. The lowest BCUT2D eigenvalue weighted by Crippen LogP contribution is -2.46. The molecule has 4 N–H and O–H groups in total. The van der Waals surface area contributed by atoms with Gasteiger partial charge in [-0.1, -0.05) is 19.2 Å². The molecule has 1 atom stereocenters. The summed E-state index contributed by atoms with van der Waals surface area (Å²) in [6, 6.07) is 11.8. The maximum atomic E-state index is 13.1. The van der Waals surface area contributed by atoms with Crippen LogP contribution < -0.4 is 25.4 Å². The van der Waals surface area contributed by atoms with Crippen LogP contribution in [0, 0.1) is 0 Å². The minimum Gasteiger partial charge on any atom is -0.492 e. The second-order valence-electron chi connectivity index (χ2n) is 8.38. The van der Waals surface area contributed by atoms with Crippen molar-refractivity contribution in [3.63, 3.8) is 0 Å². The summed E-state index contributed by atoms with van der Waals surface area (Å²) in [6.45, 7) is 9.05. The maximum Gasteiger partial charge on any atom is 0.404 e. The van der Waals surface area contributed by atoms with Crippen molar-refractivity contribution >= 4 is 23.6 Å². The first-order chi connectivity index (χ1) is 17.3. The molecule has 3 amide bonds. The van der Waals surface area contributed by atoms with Crippen molar-refractivity contribution in [2.45, 2.75) is 18.9 Å². The van der Waals surface area contributed by atoms with Crippen LogP contribution in [-0.2, 0) is 0 Å². The fourth-order valence-corrected chi connectivity index (χ4v) is 4.14. The molecule has 188 valence electrons. The molecule has 0 aliphatic carbocycles. The molecule has 2 aromatic carbocycles. The van der Waals surface area contributed by atoms with E-state index in [9.17, 15) is 14.4 Å². The van der Waals surface area contributed by atoms with Gasteiger partial charge in [-0.15, -0.1) is 0 Å². The summed E-state index contributed by atoms with van der Waals surface area (Å²) in [7, 11) is 0. The number of benzene rings is 2. The fourth-order valence-electron chi connectivity index (χ4n) is 4.14. The zero-order chi connectivity index (χ0) is 25.7. The summed E-state index contributed by atoms with van der Waals surface area (Å²) >= 11 is 0. The highest BCUT2D eigenvalue weighted by Crippen LogP contribution is 2.32. The van der Waals surface area contributed by atoms with Crippen LogP contribution in [0.2, 0.25) is 0 Å². The number of ether oxygens (including phenoxy) is 2. The Morgan fingerprint density at radius 2 is 1.72 bits per heavy atom. The molecule has 0 spiro atoms. The van der Waals surface area contributed by atoms with E-state index >= 15 is 0 Å². The summed E-state index contributed by atoms with van der Waals surface area (Å²) in [5.74, 6) is 0.533. The lowest BCUT2D eigenvalue weighted by molar-refractivity contribution is 0.0592. The molecule has 10 heteroatoms. The van der Waals surface area contributed by atoms with Crippen molar-refractivity contribution in [3.8, 4) is 11.5 Å². The van der Waals surface area contributed by atoms with Gasteiger partial charge in [0, 0.05) is 29.7 Å². The van der Waals surface area contributed by atoms with E-state index in [0.717, 1.165) is 5.70 Å². The van der Waals surface area contributed by atoms with Crippen molar-refractivity contribution in [2.24, 2.45) is 0 Å². The number of anilines is 1. The van der Waals surface area contributed by atoms with Crippen LogP contribution in [0.3, 0.4) is 0 Å². The number of rotatable bonds is 10. The van der Waals surface area contributed by atoms with E-state index in [1.54, 1.807) is 42.5 Å². The molecule has 0 radical (unpaired) electrons. The average Bonchev–Trinajstić information content (AvgIpc) is 3.09. The molecule has 2 aliphatic rings. The molecule has 0 saturated carbocycles. The predicted molar refractivity (Wildman–Crippen MR) is 133 cm³/mol. The van der Waals surface area contributed by atoms with Gasteiger partial charge in [0.2, 0.25) is 0 Å². The normalized spacial score (nSPS) is 16.9. The molecule has 0 aromatic heterocycles. The number of hydrogen-bond acceptors (Lipinski definition) is 7. The van der Waals surface area contributed by atoms with Crippen LogP contribution in [0.25, 0.3) is 0 Å². The summed E-state index contributed by atoms with van der Waals surface area (Å²) in [4.78, 5) is 37.8. The number of hydrogen-bond donors (Lipinski definition) is 4. The van der Waals surface area contributed by atoms with Gasteiger partial charge in [-0.3, -0.25) is 14.5 Å². The first kappa shape index (κ1) is 24.6. The first-order valence-corrected chi connectivity index (χ1v) is 11.6. The molecule has 0 bridgehead atoms. The first-order valence-electron chi connectivity index (χ1n) is 11.6. The van der Waals surface area contributed by atoms with Crippen LogP contribution in [0.15, 0.2) is 67.0 Å². The van der Waals surface area contributed by atoms with E-state index in [0.29, 0.717) is 60.0 Å². The summed E-state index contributed by atoms with van der Waals surface area (Å²) in [6.07, 6.45) is 0.171. The van der Waals surface area contributed by atoms with Crippen LogP contribution in [0.4, 0.5) is 10.5 Å². The molecule has 2 aliphatic heterocycles. The molecule has 10 nitrogen and oxygen atoms in total. The van der Waals surface area contributed by atoms with Gasteiger partial charge in [-0.25, -0.2) is 4.79 Å². The minimum absolute atomic E-state index is 0.180. The van der Waals surface area contributed by atoms with Gasteiger partial charge in [0.05, 0.1) is 23.7 Å². The Labute approximate surface area is 208 Å². The molecule has 1 unspecified atom stereocenters. The zero-order valence-corrected chi connectivity index (χ0v) is 19.7. The number of nitrogens with zero attached hydrogens (tertiary/aromatic N) is 1. The molecule has 1 saturated heterocycles. The Morgan fingerprint density at radius 1 is 1.03 bits per heavy atom. The third kappa shape index (κ3) is 5.60. The molecule has 2 aromatic rings. The largest absolute Gasteiger partial charge is 0.492 e. The average molecular weight is 493 g/mol. The van der Waals surface area contributed by atoms with Crippen molar-refractivity contribution in [3.05, 3.63) is 78.1 Å². The monoisotopic (exact) mass is 492 g/mol. The highest BCUT2D eigenvalue weighted by Gasteiger charge is 2.42. The number of allylic oxidation sites excluding steroid dienone is 1. The molecule has 4 rings (SSSR count). The standard InChI is InChI=1S/C26H28N4O6/c1-16-6-9-23(17(2)29-16)30-24(31)21-8-7-18(14-22(21)25(30)32)27-10-12-35-19-4-3-5-20(15-19)36-13-11-28-26(33)34/h3-5,7-8,14-15,23,27-29H,1-2,6,9-13H2,(H,33,34). The van der Waals surface area contributed by atoms with Gasteiger partial charge >= 0.3 is 6.09 Å². The van der Waals surface area contributed by atoms with Crippen molar-refractivity contribution < 1.29 is 29.0 Å². The molecule has 36 heavy (non-hydrogen) atoms. The Bertz CT molecular complexity index is 1210. The predicted octanol–water partition coefficient (Wildman–Crippen LogP) is 3.20. The van der Waals surface area contributed by atoms with E-state index < -0.39 is 12.1 Å². The van der Waals surface area contributed by atoms with Crippen molar-refractivity contribution in [2.75, 3.05) is 31.6 Å². The van der Waals surface area contributed by atoms with Crippen LogP contribution in [0.5, 0.6) is 11.5 Å². The topological polar surface area (TPSA) is 129 Å². The van der Waals surface area contributed by atoms with E-state index in [1.165, 1.54) is 4.90 Å².